The van der Waals surface area contributed by atoms with Crippen molar-refractivity contribution < 1.29 is 18.0 Å². The molecule has 0 fully saturated rings. The van der Waals surface area contributed by atoms with Crippen LogP contribution in [0, 0.1) is 0 Å². The van der Waals surface area contributed by atoms with E-state index >= 15 is 0 Å². The summed E-state index contributed by atoms with van der Waals surface area (Å²) in [6.07, 6.45) is -3.34. The number of halogens is 3. The molecule has 0 aromatic heterocycles. The van der Waals surface area contributed by atoms with E-state index in [9.17, 15) is 18.0 Å². The van der Waals surface area contributed by atoms with Crippen molar-refractivity contribution in [2.45, 2.75) is 32.5 Å². The third-order valence-corrected chi connectivity index (χ3v) is 2.42. The van der Waals surface area contributed by atoms with E-state index in [0.29, 0.717) is 18.4 Å². The van der Waals surface area contributed by atoms with Gasteiger partial charge in [0.05, 0.1) is 12.1 Å². The highest BCUT2D eigenvalue weighted by Crippen LogP contribution is 2.29. The number of benzene rings is 1. The average molecular weight is 260 g/mol. The lowest BCUT2D eigenvalue weighted by atomic mass is 10.1. The minimum atomic E-state index is -4.35. The van der Waals surface area contributed by atoms with Crippen molar-refractivity contribution in [3.05, 3.63) is 35.4 Å². The Morgan fingerprint density at radius 3 is 2.28 bits per heavy atom. The lowest BCUT2D eigenvalue weighted by Gasteiger charge is -2.16. The molecule has 6 heteroatoms. The first-order valence-electron chi connectivity index (χ1n) is 5.55. The molecule has 0 bridgehead atoms. The molecule has 2 N–H and O–H groups in total. The molecule has 0 heterocycles. The fourth-order valence-corrected chi connectivity index (χ4v) is 1.44. The van der Waals surface area contributed by atoms with E-state index in [4.69, 9.17) is 5.84 Å². The van der Waals surface area contributed by atoms with Gasteiger partial charge in [0.1, 0.15) is 0 Å². The van der Waals surface area contributed by atoms with E-state index in [1.54, 1.807) is 0 Å². The van der Waals surface area contributed by atoms with Crippen LogP contribution in [0.4, 0.5) is 13.2 Å². The highest BCUT2D eigenvalue weighted by molar-refractivity contribution is 5.75. The van der Waals surface area contributed by atoms with E-state index in [1.807, 2.05) is 6.92 Å². The lowest BCUT2D eigenvalue weighted by Crippen LogP contribution is -2.36. The van der Waals surface area contributed by atoms with Crippen molar-refractivity contribution in [3.8, 4) is 0 Å². The maximum absolute atomic E-state index is 12.3. The lowest BCUT2D eigenvalue weighted by molar-refractivity contribution is -0.137. The minimum absolute atomic E-state index is 0.108. The summed E-state index contributed by atoms with van der Waals surface area (Å²) in [5.41, 5.74) is -0.148. The smallest absolute Gasteiger partial charge is 0.276 e. The van der Waals surface area contributed by atoms with Gasteiger partial charge >= 0.3 is 6.18 Å². The summed E-state index contributed by atoms with van der Waals surface area (Å²) in [5.74, 6) is 5.30. The molecule has 1 rings (SSSR count). The van der Waals surface area contributed by atoms with Crippen molar-refractivity contribution in [2.75, 3.05) is 0 Å². The van der Waals surface area contributed by atoms with Gasteiger partial charge in [0.2, 0.25) is 5.91 Å². The third-order valence-electron chi connectivity index (χ3n) is 2.42. The first-order valence-corrected chi connectivity index (χ1v) is 5.55. The Hall–Kier alpha value is -1.56. The zero-order valence-corrected chi connectivity index (χ0v) is 10.00. The number of carbonyl (C=O) groups is 1. The first-order chi connectivity index (χ1) is 8.34. The topological polar surface area (TPSA) is 46.3 Å². The Morgan fingerprint density at radius 2 is 1.83 bits per heavy atom. The number of carbonyl (C=O) groups excluding carboxylic acids is 1. The van der Waals surface area contributed by atoms with E-state index < -0.39 is 11.7 Å². The second-order valence-corrected chi connectivity index (χ2v) is 3.97. The molecule has 0 aliphatic rings. The number of nitrogens with zero attached hydrogens (tertiary/aromatic N) is 1. The normalized spacial score (nSPS) is 11.4. The molecule has 0 atom stereocenters. The number of hydrazine groups is 1. The van der Waals surface area contributed by atoms with Crippen molar-refractivity contribution in [2.24, 2.45) is 5.84 Å². The van der Waals surface area contributed by atoms with Gasteiger partial charge < -0.3 is 0 Å². The fraction of sp³-hybridized carbons (Fsp3) is 0.417. The predicted molar refractivity (Wildman–Crippen MR) is 61.1 cm³/mol. The predicted octanol–water partition coefficient (Wildman–Crippen LogP) is 2.71. The maximum atomic E-state index is 12.3. The molecular weight excluding hydrogens is 245 g/mol. The van der Waals surface area contributed by atoms with Crippen LogP contribution in [0.5, 0.6) is 0 Å². The molecule has 0 aliphatic carbocycles. The number of nitrogens with two attached hydrogens (primary N) is 1. The Labute approximate surface area is 103 Å². The van der Waals surface area contributed by atoms with Crippen LogP contribution in [0.25, 0.3) is 0 Å². The Morgan fingerprint density at radius 1 is 1.28 bits per heavy atom. The van der Waals surface area contributed by atoms with Crippen LogP contribution in [0.15, 0.2) is 24.3 Å². The van der Waals surface area contributed by atoms with Crippen LogP contribution in [0.2, 0.25) is 0 Å². The van der Waals surface area contributed by atoms with E-state index in [-0.39, 0.29) is 12.5 Å². The molecule has 3 nitrogen and oxygen atoms in total. The number of alkyl halides is 3. The quantitative estimate of drug-likeness (QED) is 0.514. The third kappa shape index (κ3) is 4.03. The van der Waals surface area contributed by atoms with Gasteiger partial charge in [-0.25, -0.2) is 5.84 Å². The summed E-state index contributed by atoms with van der Waals surface area (Å²) in [4.78, 5) is 11.4. The summed E-state index contributed by atoms with van der Waals surface area (Å²) in [7, 11) is 0. The van der Waals surface area contributed by atoms with Crippen LogP contribution < -0.4 is 5.84 Å². The van der Waals surface area contributed by atoms with Crippen molar-refractivity contribution in [3.63, 3.8) is 0 Å². The molecule has 18 heavy (non-hydrogen) atoms. The Bertz CT molecular complexity index is 401. The molecule has 0 saturated carbocycles. The van der Waals surface area contributed by atoms with Crippen LogP contribution in [-0.2, 0) is 17.5 Å². The van der Waals surface area contributed by atoms with Crippen LogP contribution in [0.1, 0.15) is 30.9 Å². The van der Waals surface area contributed by atoms with Gasteiger partial charge in [-0.3, -0.25) is 9.80 Å². The van der Waals surface area contributed by atoms with E-state index in [0.717, 1.165) is 17.1 Å². The van der Waals surface area contributed by atoms with Crippen LogP contribution in [-0.4, -0.2) is 10.9 Å². The van der Waals surface area contributed by atoms with Crippen molar-refractivity contribution in [1.82, 2.24) is 5.01 Å². The molecule has 0 radical (unpaired) electrons. The van der Waals surface area contributed by atoms with Crippen LogP contribution in [0.3, 0.4) is 0 Å². The van der Waals surface area contributed by atoms with Gasteiger partial charge in [-0.15, -0.1) is 0 Å². The molecule has 0 saturated heterocycles. The SMILES string of the molecule is CCCC(=O)N(N)Cc1ccc(C(F)(F)F)cc1. The summed E-state index contributed by atoms with van der Waals surface area (Å²) >= 11 is 0. The van der Waals surface area contributed by atoms with Crippen molar-refractivity contribution in [1.29, 1.82) is 0 Å². The monoisotopic (exact) mass is 260 g/mol. The maximum Gasteiger partial charge on any atom is 0.416 e. The Balaban J connectivity index is 2.67. The highest BCUT2D eigenvalue weighted by atomic mass is 19.4. The molecule has 1 amide bonds. The molecule has 100 valence electrons. The molecule has 0 spiro atoms. The van der Waals surface area contributed by atoms with Gasteiger partial charge in [0.25, 0.3) is 0 Å². The Kier molecular flexibility index (Phi) is 4.72. The molecule has 0 unspecified atom stereocenters. The standard InChI is InChI=1S/C12H15F3N2O/c1-2-3-11(18)17(16)8-9-4-6-10(7-5-9)12(13,14)15/h4-7H,2-3,8,16H2,1H3. The average Bonchev–Trinajstić information content (AvgIpc) is 2.28. The molecule has 1 aromatic carbocycles. The zero-order valence-electron chi connectivity index (χ0n) is 10.00. The minimum Gasteiger partial charge on any atom is -0.276 e. The van der Waals surface area contributed by atoms with E-state index in [1.165, 1.54) is 12.1 Å². The molecular formula is C12H15F3N2O. The van der Waals surface area contributed by atoms with Gasteiger partial charge in [0, 0.05) is 6.42 Å². The number of rotatable bonds is 4. The second kappa shape index (κ2) is 5.86. The number of hydrogen-bond acceptors (Lipinski definition) is 2. The highest BCUT2D eigenvalue weighted by Gasteiger charge is 2.29. The zero-order chi connectivity index (χ0) is 13.8. The van der Waals surface area contributed by atoms with Gasteiger partial charge in [-0.1, -0.05) is 19.1 Å². The van der Waals surface area contributed by atoms with E-state index in [2.05, 4.69) is 0 Å². The number of hydrogen-bond donors (Lipinski definition) is 1. The van der Waals surface area contributed by atoms with Gasteiger partial charge in [-0.05, 0) is 24.1 Å². The number of amides is 1. The van der Waals surface area contributed by atoms with Crippen LogP contribution >= 0.6 is 0 Å². The summed E-state index contributed by atoms with van der Waals surface area (Å²) < 4.78 is 37.0. The molecule has 1 aromatic rings. The van der Waals surface area contributed by atoms with Gasteiger partial charge in [0.15, 0.2) is 0 Å². The second-order valence-electron chi connectivity index (χ2n) is 3.97. The largest absolute Gasteiger partial charge is 0.416 e. The summed E-state index contributed by atoms with van der Waals surface area (Å²) in [6, 6.07) is 4.60. The fourth-order valence-electron chi connectivity index (χ4n) is 1.44. The molecule has 0 aliphatic heterocycles. The van der Waals surface area contributed by atoms with Gasteiger partial charge in [-0.2, -0.15) is 13.2 Å². The van der Waals surface area contributed by atoms with Crippen molar-refractivity contribution >= 4 is 5.91 Å². The summed E-state index contributed by atoms with van der Waals surface area (Å²) in [5, 5.41) is 1.02. The summed E-state index contributed by atoms with van der Waals surface area (Å²) in [6.45, 7) is 1.96. The first kappa shape index (κ1) is 14.5.